The molecule has 1 aromatic rings. The number of ether oxygens (including phenoxy) is 1. The van der Waals surface area contributed by atoms with Crippen molar-refractivity contribution in [2.24, 2.45) is 0 Å². The highest BCUT2D eigenvalue weighted by Gasteiger charge is 1.85. The average Bonchev–Trinajstić information content (AvgIpc) is 2.45. The quantitative estimate of drug-likeness (QED) is 0.449. The van der Waals surface area contributed by atoms with E-state index in [-0.39, 0.29) is 0 Å². The zero-order valence-electron chi connectivity index (χ0n) is 12.9. The second-order valence-electron chi connectivity index (χ2n) is 4.44. The molecule has 0 aromatic heterocycles. The highest BCUT2D eigenvalue weighted by atomic mass is 16.5. The Morgan fingerprint density at radius 1 is 0.895 bits per heavy atom. The van der Waals surface area contributed by atoms with Crippen molar-refractivity contribution in [2.45, 2.75) is 52.9 Å². The molecule has 1 nitrogen and oxygen atoms in total. The molecule has 0 amide bonds. The van der Waals surface area contributed by atoms with Crippen LogP contribution in [-0.2, 0) is 11.2 Å². The molecule has 0 N–H and O–H groups in total. The summed E-state index contributed by atoms with van der Waals surface area (Å²) in [6, 6.07) is 10.6. The minimum atomic E-state index is 0.844. The molecular weight excluding hydrogens is 232 g/mol. The maximum Gasteiger partial charge on any atom is 0.0437 e. The summed E-state index contributed by atoms with van der Waals surface area (Å²) in [5.74, 6) is 0. The molecule has 19 heavy (non-hydrogen) atoms. The number of allylic oxidation sites excluding steroid dienone is 2. The first-order valence-electron chi connectivity index (χ1n) is 7.61. The second kappa shape index (κ2) is 15.0. The maximum absolute atomic E-state index is 4.83. The fourth-order valence-electron chi connectivity index (χ4n) is 1.67. The molecule has 1 rings (SSSR count). The second-order valence-corrected chi connectivity index (χ2v) is 4.44. The molecule has 0 aliphatic carbocycles. The predicted molar refractivity (Wildman–Crippen MR) is 85.6 cm³/mol. The lowest BCUT2D eigenvalue weighted by atomic mass is 10.1. The SMILES string of the molecule is CCCCC/C=C/Cc1ccccc1.CCOCC. The summed E-state index contributed by atoms with van der Waals surface area (Å²) in [4.78, 5) is 0. The normalized spacial score (nSPS) is 10.3. The Morgan fingerprint density at radius 2 is 1.58 bits per heavy atom. The van der Waals surface area contributed by atoms with Crippen LogP contribution >= 0.6 is 0 Å². The van der Waals surface area contributed by atoms with Crippen LogP contribution in [0.2, 0.25) is 0 Å². The summed E-state index contributed by atoms with van der Waals surface area (Å²) >= 11 is 0. The Morgan fingerprint density at radius 3 is 2.11 bits per heavy atom. The lowest BCUT2D eigenvalue weighted by Crippen LogP contribution is -1.84. The third-order valence-corrected chi connectivity index (χ3v) is 2.75. The molecule has 0 saturated heterocycles. The van der Waals surface area contributed by atoms with Gasteiger partial charge in [-0.1, -0.05) is 62.2 Å². The van der Waals surface area contributed by atoms with Crippen LogP contribution in [0.15, 0.2) is 42.5 Å². The lowest BCUT2D eigenvalue weighted by Gasteiger charge is -1.94. The van der Waals surface area contributed by atoms with E-state index in [1.807, 2.05) is 13.8 Å². The molecule has 0 aliphatic heterocycles. The minimum Gasteiger partial charge on any atom is -0.382 e. The predicted octanol–water partition coefficient (Wildman–Crippen LogP) is 5.41. The van der Waals surface area contributed by atoms with Crippen molar-refractivity contribution < 1.29 is 4.74 Å². The van der Waals surface area contributed by atoms with Crippen molar-refractivity contribution >= 4 is 0 Å². The number of rotatable bonds is 8. The lowest BCUT2D eigenvalue weighted by molar-refractivity contribution is 0.162. The number of unbranched alkanes of at least 4 members (excludes halogenated alkanes) is 3. The molecule has 0 bridgehead atoms. The van der Waals surface area contributed by atoms with Crippen LogP contribution in [0.3, 0.4) is 0 Å². The minimum absolute atomic E-state index is 0.844. The van der Waals surface area contributed by atoms with Crippen molar-refractivity contribution in [3.05, 3.63) is 48.0 Å². The van der Waals surface area contributed by atoms with E-state index in [1.165, 1.54) is 31.2 Å². The fourth-order valence-corrected chi connectivity index (χ4v) is 1.67. The van der Waals surface area contributed by atoms with E-state index >= 15 is 0 Å². The Bertz CT molecular complexity index is 288. The number of benzene rings is 1. The van der Waals surface area contributed by atoms with Gasteiger partial charge in [0.2, 0.25) is 0 Å². The topological polar surface area (TPSA) is 9.23 Å². The zero-order valence-corrected chi connectivity index (χ0v) is 12.9. The van der Waals surface area contributed by atoms with Crippen molar-refractivity contribution in [3.8, 4) is 0 Å². The van der Waals surface area contributed by atoms with E-state index in [4.69, 9.17) is 4.74 Å². The van der Waals surface area contributed by atoms with Crippen LogP contribution in [0.1, 0.15) is 52.0 Å². The highest BCUT2D eigenvalue weighted by molar-refractivity contribution is 5.17. The molecule has 0 fully saturated rings. The van der Waals surface area contributed by atoms with Crippen molar-refractivity contribution in [3.63, 3.8) is 0 Å². The first kappa shape index (κ1) is 17.9. The van der Waals surface area contributed by atoms with E-state index in [0.717, 1.165) is 19.6 Å². The average molecular weight is 262 g/mol. The molecule has 0 saturated carbocycles. The summed E-state index contributed by atoms with van der Waals surface area (Å²) in [6.45, 7) is 7.91. The maximum atomic E-state index is 4.83. The Labute approximate surface area is 119 Å². The first-order chi connectivity index (χ1) is 9.35. The van der Waals surface area contributed by atoms with E-state index in [0.29, 0.717) is 0 Å². The van der Waals surface area contributed by atoms with Gasteiger partial charge in [-0.3, -0.25) is 0 Å². The zero-order chi connectivity index (χ0) is 14.2. The van der Waals surface area contributed by atoms with Crippen molar-refractivity contribution in [1.82, 2.24) is 0 Å². The molecule has 1 heteroatoms. The molecule has 108 valence electrons. The summed E-state index contributed by atoms with van der Waals surface area (Å²) < 4.78 is 4.83. The molecule has 0 heterocycles. The fraction of sp³-hybridized carbons (Fsp3) is 0.556. The van der Waals surface area contributed by atoms with Crippen LogP contribution < -0.4 is 0 Å². The standard InChI is InChI=1S/C14H20.C4H10O/c1-2-3-4-5-6-8-11-14-12-9-7-10-13-14;1-3-5-4-2/h6-10,12-13H,2-5,11H2,1H3;3-4H2,1-2H3/b8-6+;. The molecule has 0 atom stereocenters. The van der Waals surface area contributed by atoms with Gasteiger partial charge in [0.25, 0.3) is 0 Å². The van der Waals surface area contributed by atoms with Crippen molar-refractivity contribution in [1.29, 1.82) is 0 Å². The van der Waals surface area contributed by atoms with E-state index < -0.39 is 0 Å². The van der Waals surface area contributed by atoms with Gasteiger partial charge >= 0.3 is 0 Å². The van der Waals surface area contributed by atoms with E-state index in [1.54, 1.807) is 0 Å². The largest absolute Gasteiger partial charge is 0.382 e. The summed E-state index contributed by atoms with van der Waals surface area (Å²) in [7, 11) is 0. The van der Waals surface area contributed by atoms with Gasteiger partial charge in [0.05, 0.1) is 0 Å². The van der Waals surface area contributed by atoms with Crippen LogP contribution in [0, 0.1) is 0 Å². The monoisotopic (exact) mass is 262 g/mol. The summed E-state index contributed by atoms with van der Waals surface area (Å²) in [5, 5.41) is 0. The smallest absolute Gasteiger partial charge is 0.0437 e. The van der Waals surface area contributed by atoms with Crippen LogP contribution in [0.25, 0.3) is 0 Å². The molecule has 0 unspecified atom stereocenters. The van der Waals surface area contributed by atoms with E-state index in [2.05, 4.69) is 49.4 Å². The molecular formula is C18H30O. The third kappa shape index (κ3) is 13.2. The van der Waals surface area contributed by atoms with Gasteiger partial charge in [0, 0.05) is 13.2 Å². The van der Waals surface area contributed by atoms with Crippen molar-refractivity contribution in [2.75, 3.05) is 13.2 Å². The Hall–Kier alpha value is -1.08. The van der Waals surface area contributed by atoms with Gasteiger partial charge in [-0.2, -0.15) is 0 Å². The highest BCUT2D eigenvalue weighted by Crippen LogP contribution is 2.03. The van der Waals surface area contributed by atoms with Crippen LogP contribution in [0.4, 0.5) is 0 Å². The summed E-state index contributed by atoms with van der Waals surface area (Å²) in [5.41, 5.74) is 1.40. The Kier molecular flexibility index (Phi) is 14.1. The molecule has 0 spiro atoms. The van der Waals surface area contributed by atoms with Crippen LogP contribution in [0.5, 0.6) is 0 Å². The van der Waals surface area contributed by atoms with Gasteiger partial charge in [0.15, 0.2) is 0 Å². The Balaban J connectivity index is 0.000000555. The van der Waals surface area contributed by atoms with Gasteiger partial charge in [-0.05, 0) is 38.7 Å². The van der Waals surface area contributed by atoms with Crippen LogP contribution in [-0.4, -0.2) is 13.2 Å². The van der Waals surface area contributed by atoms with Gasteiger partial charge in [-0.15, -0.1) is 0 Å². The third-order valence-electron chi connectivity index (χ3n) is 2.75. The van der Waals surface area contributed by atoms with Gasteiger partial charge in [0.1, 0.15) is 0 Å². The van der Waals surface area contributed by atoms with Gasteiger partial charge < -0.3 is 4.74 Å². The molecule has 0 radical (unpaired) electrons. The molecule has 0 aliphatic rings. The number of hydrogen-bond acceptors (Lipinski definition) is 1. The summed E-state index contributed by atoms with van der Waals surface area (Å²) in [6.07, 6.45) is 10.9. The molecule has 1 aromatic carbocycles. The van der Waals surface area contributed by atoms with Gasteiger partial charge in [-0.25, -0.2) is 0 Å². The first-order valence-corrected chi connectivity index (χ1v) is 7.61. The number of hydrogen-bond donors (Lipinski definition) is 0. The van der Waals surface area contributed by atoms with E-state index in [9.17, 15) is 0 Å².